The van der Waals surface area contributed by atoms with Gasteiger partial charge in [-0.3, -0.25) is 4.79 Å². The van der Waals surface area contributed by atoms with Crippen LogP contribution >= 0.6 is 0 Å². The van der Waals surface area contributed by atoms with Gasteiger partial charge in [0, 0.05) is 29.9 Å². The molecule has 0 unspecified atom stereocenters. The first-order valence-corrected chi connectivity index (χ1v) is 10.2. The number of benzene rings is 2. The van der Waals surface area contributed by atoms with Crippen molar-refractivity contribution in [2.24, 2.45) is 0 Å². The van der Waals surface area contributed by atoms with Crippen LogP contribution in [0.5, 0.6) is 11.5 Å². The lowest BCUT2D eigenvalue weighted by atomic mass is 10.1. The molecule has 0 saturated heterocycles. The fourth-order valence-corrected chi connectivity index (χ4v) is 3.49. The van der Waals surface area contributed by atoms with Crippen LogP contribution in [0, 0.1) is 0 Å². The Morgan fingerprint density at radius 2 is 1.96 bits per heavy atom. The van der Waals surface area contributed by atoms with Crippen LogP contribution in [0.3, 0.4) is 0 Å². The summed E-state index contributed by atoms with van der Waals surface area (Å²) in [7, 11) is -3.30. The molecular formula is C19H21NO5S. The molecule has 1 heterocycles. The molecule has 1 aliphatic heterocycles. The van der Waals surface area contributed by atoms with E-state index in [0.717, 1.165) is 24.0 Å². The quantitative estimate of drug-likeness (QED) is 0.869. The molecule has 0 aromatic heterocycles. The lowest BCUT2D eigenvalue weighted by molar-refractivity contribution is 0.102. The van der Waals surface area contributed by atoms with Crippen molar-refractivity contribution in [2.75, 3.05) is 18.2 Å². The van der Waals surface area contributed by atoms with E-state index in [9.17, 15) is 13.2 Å². The van der Waals surface area contributed by atoms with Gasteiger partial charge in [-0.2, -0.15) is 0 Å². The molecule has 0 aliphatic carbocycles. The average molecular weight is 375 g/mol. The Hall–Kier alpha value is -2.54. The molecular weight excluding hydrogens is 354 g/mol. The Kier molecular flexibility index (Phi) is 4.91. The Labute approximate surface area is 153 Å². The Morgan fingerprint density at radius 3 is 2.58 bits per heavy atom. The average Bonchev–Trinajstić information content (AvgIpc) is 2.93. The normalized spacial score (nSPS) is 15.9. The van der Waals surface area contributed by atoms with E-state index < -0.39 is 9.84 Å². The van der Waals surface area contributed by atoms with E-state index in [1.54, 1.807) is 6.07 Å². The van der Waals surface area contributed by atoms with Crippen LogP contribution in [0.15, 0.2) is 41.3 Å². The minimum absolute atomic E-state index is 0.0916. The van der Waals surface area contributed by atoms with Gasteiger partial charge in [0.15, 0.2) is 9.84 Å². The summed E-state index contributed by atoms with van der Waals surface area (Å²) >= 11 is 0. The molecule has 1 amide bonds. The summed E-state index contributed by atoms with van der Waals surface area (Å²) in [6.07, 6.45) is 2.02. The van der Waals surface area contributed by atoms with E-state index in [1.165, 1.54) is 24.3 Å². The largest absolute Gasteiger partial charge is 0.492 e. The maximum absolute atomic E-state index is 12.5. The van der Waals surface area contributed by atoms with Gasteiger partial charge in [-0.25, -0.2) is 8.42 Å². The summed E-state index contributed by atoms with van der Waals surface area (Å²) in [4.78, 5) is 12.7. The number of fused-ring (bicyclic) bond motifs is 1. The molecule has 0 fully saturated rings. The van der Waals surface area contributed by atoms with E-state index in [0.29, 0.717) is 23.6 Å². The SMILES string of the molecule is CCOc1cc2c(cc1NC(=O)c1ccc(S(C)(=O)=O)cc1)O[C@@H](C)C2. The fraction of sp³-hybridized carbons (Fsp3) is 0.316. The molecule has 6 nitrogen and oxygen atoms in total. The number of nitrogens with one attached hydrogen (secondary N) is 1. The van der Waals surface area contributed by atoms with Gasteiger partial charge in [-0.05, 0) is 44.2 Å². The van der Waals surface area contributed by atoms with Gasteiger partial charge in [0.25, 0.3) is 5.91 Å². The van der Waals surface area contributed by atoms with Gasteiger partial charge in [0.1, 0.15) is 17.6 Å². The molecule has 1 aliphatic rings. The molecule has 1 N–H and O–H groups in total. The Balaban J connectivity index is 1.86. The highest BCUT2D eigenvalue weighted by molar-refractivity contribution is 7.90. The van der Waals surface area contributed by atoms with Crippen LogP contribution in [0.1, 0.15) is 29.8 Å². The molecule has 26 heavy (non-hydrogen) atoms. The van der Waals surface area contributed by atoms with Crippen molar-refractivity contribution < 1.29 is 22.7 Å². The number of ether oxygens (including phenoxy) is 2. The molecule has 0 radical (unpaired) electrons. The predicted molar refractivity (Wildman–Crippen MR) is 98.9 cm³/mol. The summed E-state index contributed by atoms with van der Waals surface area (Å²) in [6, 6.07) is 9.47. The molecule has 138 valence electrons. The van der Waals surface area contributed by atoms with Crippen molar-refractivity contribution in [1.29, 1.82) is 0 Å². The van der Waals surface area contributed by atoms with Crippen LogP contribution < -0.4 is 14.8 Å². The predicted octanol–water partition coefficient (Wildman–Crippen LogP) is 3.06. The number of amides is 1. The standard InChI is InChI=1S/C19H21NO5S/c1-4-24-18-10-14-9-12(2)25-17(14)11-16(18)20-19(21)13-5-7-15(8-6-13)26(3,22)23/h5-8,10-12H,4,9H2,1-3H3,(H,20,21)/t12-/m0/s1. The first-order chi connectivity index (χ1) is 12.3. The monoisotopic (exact) mass is 375 g/mol. The third kappa shape index (κ3) is 3.83. The maximum Gasteiger partial charge on any atom is 0.255 e. The van der Waals surface area contributed by atoms with Gasteiger partial charge < -0.3 is 14.8 Å². The summed E-state index contributed by atoms with van der Waals surface area (Å²) < 4.78 is 34.4. The van der Waals surface area contributed by atoms with Gasteiger partial charge in [-0.1, -0.05) is 0 Å². The fourth-order valence-electron chi connectivity index (χ4n) is 2.86. The Morgan fingerprint density at radius 1 is 1.27 bits per heavy atom. The number of hydrogen-bond acceptors (Lipinski definition) is 5. The number of carbonyl (C=O) groups excluding carboxylic acids is 1. The summed E-state index contributed by atoms with van der Waals surface area (Å²) in [5.74, 6) is 0.978. The summed E-state index contributed by atoms with van der Waals surface area (Å²) in [5.41, 5.74) is 1.93. The highest BCUT2D eigenvalue weighted by Gasteiger charge is 2.23. The second-order valence-corrected chi connectivity index (χ2v) is 8.29. The molecule has 2 aromatic rings. The van der Waals surface area contributed by atoms with Crippen molar-refractivity contribution >= 4 is 21.4 Å². The number of rotatable bonds is 5. The minimum atomic E-state index is -3.30. The third-order valence-corrected chi connectivity index (χ3v) is 5.22. The highest BCUT2D eigenvalue weighted by Crippen LogP contribution is 2.38. The zero-order valence-corrected chi connectivity index (χ0v) is 15.7. The van der Waals surface area contributed by atoms with Crippen molar-refractivity contribution in [1.82, 2.24) is 0 Å². The van der Waals surface area contributed by atoms with Gasteiger partial charge in [0.2, 0.25) is 0 Å². The molecule has 0 spiro atoms. The number of sulfone groups is 1. The second kappa shape index (κ2) is 6.99. The van der Waals surface area contributed by atoms with E-state index in [-0.39, 0.29) is 16.9 Å². The lowest BCUT2D eigenvalue weighted by Gasteiger charge is -2.13. The first kappa shape index (κ1) is 18.3. The maximum atomic E-state index is 12.5. The van der Waals surface area contributed by atoms with Crippen molar-refractivity contribution in [3.8, 4) is 11.5 Å². The van der Waals surface area contributed by atoms with Gasteiger partial charge >= 0.3 is 0 Å². The summed E-state index contributed by atoms with van der Waals surface area (Å²) in [5, 5.41) is 2.82. The van der Waals surface area contributed by atoms with Crippen molar-refractivity contribution in [3.63, 3.8) is 0 Å². The zero-order chi connectivity index (χ0) is 18.9. The van der Waals surface area contributed by atoms with Crippen LogP contribution in [0.25, 0.3) is 0 Å². The van der Waals surface area contributed by atoms with Crippen LogP contribution in [0.4, 0.5) is 5.69 Å². The van der Waals surface area contributed by atoms with Crippen molar-refractivity contribution in [3.05, 3.63) is 47.5 Å². The van der Waals surface area contributed by atoms with Crippen molar-refractivity contribution in [2.45, 2.75) is 31.3 Å². The lowest BCUT2D eigenvalue weighted by Crippen LogP contribution is -2.13. The molecule has 7 heteroatoms. The summed E-state index contributed by atoms with van der Waals surface area (Å²) in [6.45, 7) is 4.34. The van der Waals surface area contributed by atoms with E-state index >= 15 is 0 Å². The Bertz CT molecular complexity index is 935. The second-order valence-electron chi connectivity index (χ2n) is 6.27. The van der Waals surface area contributed by atoms with E-state index in [1.807, 2.05) is 19.9 Å². The molecule has 0 saturated carbocycles. The number of hydrogen-bond donors (Lipinski definition) is 1. The van der Waals surface area contributed by atoms with E-state index in [4.69, 9.17) is 9.47 Å². The topological polar surface area (TPSA) is 81.7 Å². The first-order valence-electron chi connectivity index (χ1n) is 8.35. The van der Waals surface area contributed by atoms with Gasteiger partial charge in [0.05, 0.1) is 17.2 Å². The smallest absolute Gasteiger partial charge is 0.255 e. The van der Waals surface area contributed by atoms with E-state index in [2.05, 4.69) is 5.32 Å². The zero-order valence-electron chi connectivity index (χ0n) is 14.9. The molecule has 2 aromatic carbocycles. The van der Waals surface area contributed by atoms with Crippen LogP contribution in [-0.4, -0.2) is 33.3 Å². The molecule has 1 atom stereocenters. The highest BCUT2D eigenvalue weighted by atomic mass is 32.2. The third-order valence-electron chi connectivity index (χ3n) is 4.09. The number of carbonyl (C=O) groups is 1. The minimum Gasteiger partial charge on any atom is -0.492 e. The molecule has 3 rings (SSSR count). The van der Waals surface area contributed by atoms with Gasteiger partial charge in [-0.15, -0.1) is 0 Å². The number of anilines is 1. The molecule has 0 bridgehead atoms. The van der Waals surface area contributed by atoms with Crippen LogP contribution in [-0.2, 0) is 16.3 Å². The van der Waals surface area contributed by atoms with Crippen LogP contribution in [0.2, 0.25) is 0 Å².